The van der Waals surface area contributed by atoms with Crippen molar-refractivity contribution >= 4 is 5.82 Å². The van der Waals surface area contributed by atoms with Crippen molar-refractivity contribution in [1.29, 1.82) is 0 Å². The minimum atomic E-state index is -0.223. The summed E-state index contributed by atoms with van der Waals surface area (Å²) in [5.74, 6) is 0.962. The summed E-state index contributed by atoms with van der Waals surface area (Å²) in [6.45, 7) is 8.27. The Labute approximate surface area is 113 Å². The molecule has 0 spiro atoms. The number of anilines is 1. The van der Waals surface area contributed by atoms with E-state index >= 15 is 0 Å². The van der Waals surface area contributed by atoms with Crippen molar-refractivity contribution < 1.29 is 4.74 Å². The third kappa shape index (κ3) is 2.73. The summed E-state index contributed by atoms with van der Waals surface area (Å²) in [6.07, 6.45) is 2.53. The molecule has 1 saturated heterocycles. The summed E-state index contributed by atoms with van der Waals surface area (Å²) < 4.78 is 5.18. The molecule has 1 aromatic rings. The van der Waals surface area contributed by atoms with Gasteiger partial charge in [0.05, 0.1) is 13.4 Å². The van der Waals surface area contributed by atoms with Crippen molar-refractivity contribution in [2.75, 3.05) is 38.2 Å². The zero-order chi connectivity index (χ0) is 13.8. The highest BCUT2D eigenvalue weighted by atomic mass is 16.5. The Morgan fingerprint density at radius 2 is 2.26 bits per heavy atom. The van der Waals surface area contributed by atoms with Crippen molar-refractivity contribution in [3.8, 4) is 5.75 Å². The second-order valence-corrected chi connectivity index (χ2v) is 4.70. The fourth-order valence-corrected chi connectivity index (χ4v) is 2.76. The third-order valence-electron chi connectivity index (χ3n) is 3.79. The van der Waals surface area contributed by atoms with E-state index in [2.05, 4.69) is 33.6 Å². The number of ether oxygens (including phenoxy) is 1. The lowest BCUT2D eigenvalue weighted by Crippen LogP contribution is -2.37. The summed E-state index contributed by atoms with van der Waals surface area (Å²) in [7, 11) is 1.51. The largest absolute Gasteiger partial charge is 0.489 e. The molecule has 1 aliphatic heterocycles. The SMILES string of the molecule is CCN(CC)C1CCN(c2nc[nH]c(=O)c2OC)C1. The van der Waals surface area contributed by atoms with Crippen LogP contribution in [0.5, 0.6) is 5.75 Å². The summed E-state index contributed by atoms with van der Waals surface area (Å²) in [5.41, 5.74) is -0.223. The maximum atomic E-state index is 11.7. The molecule has 6 nitrogen and oxygen atoms in total. The van der Waals surface area contributed by atoms with Gasteiger partial charge < -0.3 is 14.6 Å². The number of hydrogen-bond acceptors (Lipinski definition) is 5. The van der Waals surface area contributed by atoms with Gasteiger partial charge in [0, 0.05) is 19.1 Å². The Morgan fingerprint density at radius 3 is 2.89 bits per heavy atom. The maximum Gasteiger partial charge on any atom is 0.295 e. The van der Waals surface area contributed by atoms with Gasteiger partial charge in [0.1, 0.15) is 0 Å². The molecule has 0 bridgehead atoms. The molecule has 0 saturated carbocycles. The van der Waals surface area contributed by atoms with Crippen LogP contribution in [0.15, 0.2) is 11.1 Å². The summed E-state index contributed by atoms with van der Waals surface area (Å²) in [4.78, 5) is 23.1. The molecule has 0 amide bonds. The van der Waals surface area contributed by atoms with E-state index in [0.717, 1.165) is 32.6 Å². The Morgan fingerprint density at radius 1 is 1.53 bits per heavy atom. The van der Waals surface area contributed by atoms with Crippen LogP contribution < -0.4 is 15.2 Å². The second kappa shape index (κ2) is 6.06. The predicted molar refractivity (Wildman–Crippen MR) is 74.9 cm³/mol. The van der Waals surface area contributed by atoms with Gasteiger partial charge in [-0.15, -0.1) is 0 Å². The first kappa shape index (κ1) is 13.9. The van der Waals surface area contributed by atoms with Gasteiger partial charge in [-0.1, -0.05) is 13.8 Å². The van der Waals surface area contributed by atoms with Gasteiger partial charge in [-0.05, 0) is 19.5 Å². The highest BCUT2D eigenvalue weighted by Crippen LogP contribution is 2.26. The molecule has 0 aromatic carbocycles. The van der Waals surface area contributed by atoms with Crippen LogP contribution in [0.2, 0.25) is 0 Å². The van der Waals surface area contributed by atoms with Crippen LogP contribution in [0.3, 0.4) is 0 Å². The smallest absolute Gasteiger partial charge is 0.295 e. The van der Waals surface area contributed by atoms with E-state index in [0.29, 0.717) is 17.6 Å². The zero-order valence-corrected chi connectivity index (χ0v) is 11.8. The minimum Gasteiger partial charge on any atom is -0.489 e. The molecular formula is C13H22N4O2. The highest BCUT2D eigenvalue weighted by Gasteiger charge is 2.29. The van der Waals surface area contributed by atoms with Crippen LogP contribution in [0, 0.1) is 0 Å². The monoisotopic (exact) mass is 266 g/mol. The first-order valence-corrected chi connectivity index (χ1v) is 6.81. The lowest BCUT2D eigenvalue weighted by atomic mass is 10.2. The average Bonchev–Trinajstić information content (AvgIpc) is 2.89. The third-order valence-corrected chi connectivity index (χ3v) is 3.79. The molecule has 1 N–H and O–H groups in total. The first-order chi connectivity index (χ1) is 9.21. The van der Waals surface area contributed by atoms with Crippen LogP contribution in [0.25, 0.3) is 0 Å². The molecule has 1 atom stereocenters. The van der Waals surface area contributed by atoms with Crippen LogP contribution in [-0.4, -0.2) is 54.2 Å². The van der Waals surface area contributed by atoms with Crippen molar-refractivity contribution in [1.82, 2.24) is 14.9 Å². The predicted octanol–water partition coefficient (Wildman–Crippen LogP) is 0.699. The van der Waals surface area contributed by atoms with Crippen LogP contribution in [0.4, 0.5) is 5.82 Å². The molecule has 0 aliphatic carbocycles. The van der Waals surface area contributed by atoms with Crippen LogP contribution in [0.1, 0.15) is 20.3 Å². The van der Waals surface area contributed by atoms with Crippen LogP contribution >= 0.6 is 0 Å². The van der Waals surface area contributed by atoms with E-state index in [4.69, 9.17) is 4.74 Å². The number of aromatic nitrogens is 2. The number of rotatable bonds is 5. The Kier molecular flexibility index (Phi) is 4.42. The number of likely N-dealkylation sites (N-methyl/N-ethyl adjacent to an activating group) is 1. The quantitative estimate of drug-likeness (QED) is 0.850. The fraction of sp³-hybridized carbons (Fsp3) is 0.692. The van der Waals surface area contributed by atoms with Gasteiger partial charge in [-0.2, -0.15) is 0 Å². The van der Waals surface area contributed by atoms with Gasteiger partial charge in [-0.25, -0.2) is 4.98 Å². The van der Waals surface area contributed by atoms with E-state index in [1.54, 1.807) is 0 Å². The number of methoxy groups -OCH3 is 1. The molecule has 2 heterocycles. The van der Waals surface area contributed by atoms with Gasteiger partial charge in [0.15, 0.2) is 5.82 Å². The molecule has 106 valence electrons. The molecule has 0 radical (unpaired) electrons. The number of H-pyrrole nitrogens is 1. The maximum absolute atomic E-state index is 11.7. The molecule has 1 aromatic heterocycles. The lowest BCUT2D eigenvalue weighted by molar-refractivity contribution is 0.232. The Hall–Kier alpha value is -1.56. The van der Waals surface area contributed by atoms with E-state index in [1.165, 1.54) is 13.4 Å². The number of aromatic amines is 1. The molecular weight excluding hydrogens is 244 g/mol. The topological polar surface area (TPSA) is 61.5 Å². The second-order valence-electron chi connectivity index (χ2n) is 4.70. The van der Waals surface area contributed by atoms with Crippen molar-refractivity contribution in [3.63, 3.8) is 0 Å². The van der Waals surface area contributed by atoms with Crippen molar-refractivity contribution in [2.45, 2.75) is 26.3 Å². The van der Waals surface area contributed by atoms with E-state index in [-0.39, 0.29) is 5.56 Å². The summed E-state index contributed by atoms with van der Waals surface area (Å²) in [5, 5.41) is 0. The fourth-order valence-electron chi connectivity index (χ4n) is 2.76. The van der Waals surface area contributed by atoms with E-state index < -0.39 is 0 Å². The van der Waals surface area contributed by atoms with Gasteiger partial charge in [0.2, 0.25) is 5.75 Å². The summed E-state index contributed by atoms with van der Waals surface area (Å²) in [6, 6.07) is 0.529. The molecule has 2 rings (SSSR count). The molecule has 1 unspecified atom stereocenters. The van der Waals surface area contributed by atoms with E-state index in [1.807, 2.05) is 0 Å². The van der Waals surface area contributed by atoms with Gasteiger partial charge in [0.25, 0.3) is 5.56 Å². The molecule has 1 fully saturated rings. The van der Waals surface area contributed by atoms with Gasteiger partial charge >= 0.3 is 0 Å². The lowest BCUT2D eigenvalue weighted by Gasteiger charge is -2.26. The number of hydrogen-bond donors (Lipinski definition) is 1. The summed E-state index contributed by atoms with van der Waals surface area (Å²) >= 11 is 0. The minimum absolute atomic E-state index is 0.223. The molecule has 6 heteroatoms. The van der Waals surface area contributed by atoms with E-state index in [9.17, 15) is 4.79 Å². The van der Waals surface area contributed by atoms with Gasteiger partial charge in [-0.3, -0.25) is 9.69 Å². The normalized spacial score (nSPS) is 19.2. The zero-order valence-electron chi connectivity index (χ0n) is 11.8. The number of nitrogens with one attached hydrogen (secondary N) is 1. The Balaban J connectivity index is 2.17. The van der Waals surface area contributed by atoms with Crippen molar-refractivity contribution in [3.05, 3.63) is 16.7 Å². The van der Waals surface area contributed by atoms with Crippen molar-refractivity contribution in [2.24, 2.45) is 0 Å². The molecule has 19 heavy (non-hydrogen) atoms. The first-order valence-electron chi connectivity index (χ1n) is 6.81. The van der Waals surface area contributed by atoms with Crippen LogP contribution in [-0.2, 0) is 0 Å². The Bertz CT molecular complexity index is 470. The standard InChI is InChI=1S/C13H22N4O2/c1-4-16(5-2)10-6-7-17(8-10)12-11(19-3)13(18)15-9-14-12/h9-10H,4-8H2,1-3H3,(H,14,15,18). The average molecular weight is 266 g/mol. The molecule has 1 aliphatic rings. The highest BCUT2D eigenvalue weighted by molar-refractivity contribution is 5.51. The number of nitrogens with zero attached hydrogens (tertiary/aromatic N) is 3.